The van der Waals surface area contributed by atoms with Crippen LogP contribution in [0.25, 0.3) is 10.6 Å². The third-order valence-electron chi connectivity index (χ3n) is 3.23. The molecule has 0 saturated carbocycles. The Balaban J connectivity index is 0.000000483. The second kappa shape index (κ2) is 13.3. The minimum atomic E-state index is -0.481. The van der Waals surface area contributed by atoms with Gasteiger partial charge in [0.05, 0.1) is 16.4 Å². The quantitative estimate of drug-likeness (QED) is 0.162. The van der Waals surface area contributed by atoms with E-state index in [9.17, 15) is 20.2 Å². The molecule has 1 radical (unpaired) electrons. The van der Waals surface area contributed by atoms with Crippen molar-refractivity contribution in [3.8, 4) is 0 Å². The van der Waals surface area contributed by atoms with Gasteiger partial charge in [-0.3, -0.25) is 20.2 Å². The van der Waals surface area contributed by atoms with Crippen molar-refractivity contribution in [1.82, 2.24) is 0 Å². The fourth-order valence-electron chi connectivity index (χ4n) is 1.91. The van der Waals surface area contributed by atoms with Gasteiger partial charge < -0.3 is 5.73 Å². The molecule has 8 nitrogen and oxygen atoms in total. The van der Waals surface area contributed by atoms with Crippen molar-refractivity contribution in [3.05, 3.63) is 90.5 Å². The van der Waals surface area contributed by atoms with Crippen LogP contribution in [0.2, 0.25) is 0 Å². The molecule has 0 aromatic heterocycles. The molecule has 0 fully saturated rings. The van der Waals surface area contributed by atoms with Crippen LogP contribution in [0.1, 0.15) is 16.7 Å². The van der Waals surface area contributed by atoms with Crippen LogP contribution in [-0.2, 0) is 17.2 Å². The van der Waals surface area contributed by atoms with Crippen LogP contribution in [0.15, 0.2) is 36.4 Å². The van der Waals surface area contributed by atoms with Crippen LogP contribution in [0.4, 0.5) is 17.1 Å². The first-order chi connectivity index (χ1) is 12.4. The number of nitrogens with zero attached hydrogens (tertiary/aromatic N) is 3. The number of nitro benzene ring substituents is 2. The van der Waals surface area contributed by atoms with Crippen LogP contribution < -0.4 is 0 Å². The SMILES string of the molecule is [Ac].[C-]#[N+]c1ccc(CBr)c([N+](=O)[O-])c1.[NH-]Cc1ccc(CBr)c([N+](=O)[O-])c1. The minimum absolute atomic E-state index is 0. The van der Waals surface area contributed by atoms with Crippen LogP contribution in [0.3, 0.4) is 0 Å². The summed E-state index contributed by atoms with van der Waals surface area (Å²) in [6, 6.07) is 9.29. The number of nitro groups is 2. The maximum absolute atomic E-state index is 10.6. The zero-order valence-electron chi connectivity index (χ0n) is 13.9. The van der Waals surface area contributed by atoms with Crippen LogP contribution in [0.5, 0.6) is 0 Å². The Kier molecular flexibility index (Phi) is 12.9. The van der Waals surface area contributed by atoms with Crippen molar-refractivity contribution in [2.24, 2.45) is 0 Å². The van der Waals surface area contributed by atoms with E-state index in [-0.39, 0.29) is 67.7 Å². The molecule has 0 aliphatic carbocycles. The predicted octanol–water partition coefficient (Wildman–Crippen LogP) is 6.08. The van der Waals surface area contributed by atoms with Crippen molar-refractivity contribution in [3.63, 3.8) is 0 Å². The molecule has 0 aliphatic heterocycles. The molecule has 0 spiro atoms. The van der Waals surface area contributed by atoms with E-state index in [4.69, 9.17) is 12.3 Å². The van der Waals surface area contributed by atoms with Gasteiger partial charge in [0.25, 0.3) is 11.4 Å². The Labute approximate surface area is 208 Å². The first-order valence-corrected chi connectivity index (χ1v) is 9.29. The van der Waals surface area contributed by atoms with Crippen molar-refractivity contribution in [1.29, 1.82) is 0 Å². The van der Waals surface area contributed by atoms with Gasteiger partial charge in [-0.05, 0) is 0 Å². The van der Waals surface area contributed by atoms with Crippen molar-refractivity contribution >= 4 is 48.9 Å². The van der Waals surface area contributed by atoms with E-state index in [1.54, 1.807) is 24.3 Å². The number of rotatable bonds is 5. The Morgan fingerprint density at radius 3 is 1.85 bits per heavy atom. The van der Waals surface area contributed by atoms with Gasteiger partial charge in [-0.15, -0.1) is 6.54 Å². The molecule has 139 valence electrons. The molecule has 27 heavy (non-hydrogen) atoms. The van der Waals surface area contributed by atoms with Gasteiger partial charge in [-0.2, -0.15) is 0 Å². The van der Waals surface area contributed by atoms with E-state index in [1.807, 2.05) is 0 Å². The number of hydrogen-bond acceptors (Lipinski definition) is 4. The zero-order chi connectivity index (χ0) is 19.7. The molecule has 0 bridgehead atoms. The predicted molar refractivity (Wildman–Crippen MR) is 106 cm³/mol. The number of halogens is 2. The topological polar surface area (TPSA) is 114 Å². The summed E-state index contributed by atoms with van der Waals surface area (Å²) in [6.07, 6.45) is 0. The molecule has 2 aromatic rings. The van der Waals surface area contributed by atoms with Gasteiger partial charge >= 0.3 is 0 Å². The fourth-order valence-corrected chi connectivity index (χ4v) is 2.86. The van der Waals surface area contributed by atoms with Crippen molar-refractivity contribution in [2.75, 3.05) is 0 Å². The summed E-state index contributed by atoms with van der Waals surface area (Å²) < 4.78 is 0. The Morgan fingerprint density at radius 1 is 0.963 bits per heavy atom. The first-order valence-electron chi connectivity index (χ1n) is 7.05. The third-order valence-corrected chi connectivity index (χ3v) is 4.44. The summed E-state index contributed by atoms with van der Waals surface area (Å²) in [5.74, 6) is 0. The van der Waals surface area contributed by atoms with Gasteiger partial charge in [0.2, 0.25) is 0 Å². The summed E-state index contributed by atoms with van der Waals surface area (Å²) in [7, 11) is 0. The standard InChI is InChI=1S/C8H5BrN2O2.C8H8BrN2O2.Ac/c1-10-7-3-2-6(5-9)8(4-7)11(12)13;9-4-7-2-1-6(5-10)3-8(7)11(12)13;/h2-4H,5H2;1-3,10H,4-5H2;/q;-1;. The summed E-state index contributed by atoms with van der Waals surface area (Å²) >= 11 is 6.31. The molecular formula is C16H13AcBr2N4O4-. The number of hydrogen-bond donors (Lipinski definition) is 0. The number of nitrogens with one attached hydrogen (secondary N) is 1. The number of alkyl halides is 2. The van der Waals surface area contributed by atoms with E-state index >= 15 is 0 Å². The van der Waals surface area contributed by atoms with E-state index in [0.29, 0.717) is 27.4 Å². The summed E-state index contributed by atoms with van der Waals surface area (Å²) in [5, 5.41) is 22.0. The maximum Gasteiger partial charge on any atom is 0.273 e. The maximum atomic E-state index is 10.6. The molecule has 0 aliphatic rings. The Morgan fingerprint density at radius 2 is 1.44 bits per heavy atom. The molecule has 0 saturated heterocycles. The van der Waals surface area contributed by atoms with Crippen molar-refractivity contribution in [2.45, 2.75) is 17.2 Å². The van der Waals surface area contributed by atoms with Gasteiger partial charge in [-0.25, -0.2) is 4.85 Å². The normalized spacial score (nSPS) is 9.26. The van der Waals surface area contributed by atoms with Gasteiger partial charge in [-0.1, -0.05) is 61.7 Å². The van der Waals surface area contributed by atoms with E-state index < -0.39 is 9.85 Å². The Hall–Kier alpha value is -0.908. The average molecular weight is 712 g/mol. The summed E-state index contributed by atoms with van der Waals surface area (Å²) in [4.78, 5) is 23.3. The second-order valence-electron chi connectivity index (χ2n) is 4.85. The Bertz CT molecular complexity index is 859. The van der Waals surface area contributed by atoms with Gasteiger partial charge in [0.1, 0.15) is 0 Å². The third kappa shape index (κ3) is 7.92. The molecule has 0 unspecified atom stereocenters. The zero-order valence-corrected chi connectivity index (χ0v) is 21.8. The molecular weight excluding hydrogens is 699 g/mol. The average Bonchev–Trinajstić information content (AvgIpc) is 2.67. The second-order valence-corrected chi connectivity index (χ2v) is 5.97. The molecule has 0 heterocycles. The fraction of sp³-hybridized carbons (Fsp3) is 0.188. The molecule has 2 aromatic carbocycles. The van der Waals surface area contributed by atoms with Gasteiger partial charge in [0.15, 0.2) is 5.69 Å². The molecule has 0 atom stereocenters. The molecule has 2 rings (SSSR count). The number of benzene rings is 2. The van der Waals surface area contributed by atoms with Crippen molar-refractivity contribution < 1.29 is 53.9 Å². The minimum Gasteiger partial charge on any atom is -0.674 e. The first kappa shape index (κ1) is 26.1. The van der Waals surface area contributed by atoms with Gasteiger partial charge in [0, 0.05) is 78.0 Å². The van der Waals surface area contributed by atoms with Crippen LogP contribution in [0, 0.1) is 70.9 Å². The van der Waals surface area contributed by atoms with Crippen LogP contribution >= 0.6 is 31.9 Å². The molecule has 0 amide bonds. The smallest absolute Gasteiger partial charge is 0.273 e. The van der Waals surface area contributed by atoms with E-state index in [0.717, 1.165) is 0 Å². The summed E-state index contributed by atoms with van der Waals surface area (Å²) in [6.45, 7) is 6.77. The molecule has 1 N–H and O–H groups in total. The monoisotopic (exact) mass is 710 g/mol. The summed E-state index contributed by atoms with van der Waals surface area (Å²) in [5.41, 5.74) is 9.32. The van der Waals surface area contributed by atoms with E-state index in [1.165, 1.54) is 12.1 Å². The van der Waals surface area contributed by atoms with E-state index in [2.05, 4.69) is 36.7 Å². The molecule has 11 heteroatoms. The van der Waals surface area contributed by atoms with Crippen LogP contribution in [-0.4, -0.2) is 9.85 Å². The largest absolute Gasteiger partial charge is 0.674 e.